The summed E-state index contributed by atoms with van der Waals surface area (Å²) in [5, 5.41) is 9.94. The lowest BCUT2D eigenvalue weighted by Gasteiger charge is -2.42. The van der Waals surface area contributed by atoms with Crippen LogP contribution in [0.25, 0.3) is 0 Å². The van der Waals surface area contributed by atoms with E-state index in [0.29, 0.717) is 11.3 Å². The minimum atomic E-state index is -1.38. The van der Waals surface area contributed by atoms with E-state index in [9.17, 15) is 14.9 Å². The fraction of sp³-hybridized carbons (Fsp3) is 0.389. The lowest BCUT2D eigenvalue weighted by molar-refractivity contribution is -0.142. The largest absolute Gasteiger partial charge is 0.469 e. The Morgan fingerprint density at radius 2 is 2.25 bits per heavy atom. The van der Waals surface area contributed by atoms with Crippen LogP contribution in [0.2, 0.25) is 0 Å². The van der Waals surface area contributed by atoms with Crippen LogP contribution in [0.4, 0.5) is 5.69 Å². The van der Waals surface area contributed by atoms with Crippen molar-refractivity contribution in [2.75, 3.05) is 19.1 Å². The molecule has 0 saturated carbocycles. The second-order valence-corrected chi connectivity index (χ2v) is 7.84. The highest BCUT2D eigenvalue weighted by Gasteiger charge is 2.66. The molecule has 1 amide bonds. The molecule has 4 atom stereocenters. The lowest BCUT2D eigenvalue weighted by Crippen LogP contribution is -2.57. The van der Waals surface area contributed by atoms with Gasteiger partial charge in [-0.15, -0.1) is 0 Å². The minimum absolute atomic E-state index is 0.00524. The van der Waals surface area contributed by atoms with Crippen molar-refractivity contribution >= 4 is 33.5 Å². The van der Waals surface area contributed by atoms with Gasteiger partial charge in [0.25, 0.3) is 0 Å². The standard InChI is InChI=1S/C18H18BrN5O4/c1-24-12-4-3-8(19)5-9(12)18(17(24)26)10(7-20)15(21)28-16-14(18)11(22-23-16)6-13(25)27-2/h3-5,11,14,16,22-23H,6,21H2,1-2H3. The van der Waals surface area contributed by atoms with Gasteiger partial charge < -0.3 is 20.1 Å². The number of nitrogens with two attached hydrogens (primary N) is 1. The summed E-state index contributed by atoms with van der Waals surface area (Å²) in [5.74, 6) is -1.44. The monoisotopic (exact) mass is 447 g/mol. The number of fused-ring (bicyclic) bond motifs is 4. The Morgan fingerprint density at radius 1 is 1.50 bits per heavy atom. The number of nitrogens with zero attached hydrogens (tertiary/aromatic N) is 2. The highest BCUT2D eigenvalue weighted by atomic mass is 79.9. The second kappa shape index (κ2) is 6.48. The molecular weight excluding hydrogens is 430 g/mol. The van der Waals surface area contributed by atoms with Gasteiger partial charge in [-0.05, 0) is 23.8 Å². The lowest BCUT2D eigenvalue weighted by atomic mass is 9.62. The Bertz CT molecular complexity index is 958. The number of rotatable bonds is 2. The number of amides is 1. The minimum Gasteiger partial charge on any atom is -0.469 e. The van der Waals surface area contributed by atoms with Gasteiger partial charge in [-0.2, -0.15) is 5.26 Å². The van der Waals surface area contributed by atoms with E-state index in [1.807, 2.05) is 18.2 Å². The van der Waals surface area contributed by atoms with Crippen LogP contribution in [0.5, 0.6) is 0 Å². The van der Waals surface area contributed by atoms with Crippen LogP contribution in [0.3, 0.4) is 0 Å². The van der Waals surface area contributed by atoms with Gasteiger partial charge in [-0.3, -0.25) is 15.0 Å². The molecular formula is C18H18BrN5O4. The molecule has 4 unspecified atom stereocenters. The molecule has 1 saturated heterocycles. The van der Waals surface area contributed by atoms with Crippen molar-refractivity contribution in [1.82, 2.24) is 10.9 Å². The van der Waals surface area contributed by atoms with Crippen LogP contribution in [0, 0.1) is 17.2 Å². The van der Waals surface area contributed by atoms with E-state index >= 15 is 0 Å². The fourth-order valence-corrected chi connectivity index (χ4v) is 4.88. The van der Waals surface area contributed by atoms with Crippen molar-refractivity contribution in [3.05, 3.63) is 39.7 Å². The quantitative estimate of drug-likeness (QED) is 0.554. The number of methoxy groups -OCH3 is 1. The number of hydrazine groups is 1. The topological polar surface area (TPSA) is 130 Å². The number of esters is 1. The normalized spacial score (nSPS) is 30.7. The maximum absolute atomic E-state index is 13.7. The molecule has 0 aromatic heterocycles. The predicted octanol–water partition coefficient (Wildman–Crippen LogP) is 0.369. The summed E-state index contributed by atoms with van der Waals surface area (Å²) in [6.07, 6.45) is -0.705. The Morgan fingerprint density at radius 3 is 2.93 bits per heavy atom. The van der Waals surface area contributed by atoms with Gasteiger partial charge in [0.1, 0.15) is 17.1 Å². The number of nitriles is 1. The van der Waals surface area contributed by atoms with Crippen molar-refractivity contribution in [3.8, 4) is 6.07 Å². The third-order valence-electron chi connectivity index (χ3n) is 5.68. The van der Waals surface area contributed by atoms with Crippen LogP contribution in [-0.2, 0) is 24.5 Å². The van der Waals surface area contributed by atoms with Gasteiger partial charge in [-0.1, -0.05) is 15.9 Å². The number of halogens is 1. The first-order chi connectivity index (χ1) is 13.4. The van der Waals surface area contributed by atoms with Gasteiger partial charge in [-0.25, -0.2) is 5.43 Å². The van der Waals surface area contributed by atoms with Gasteiger partial charge in [0.15, 0.2) is 6.23 Å². The van der Waals surface area contributed by atoms with E-state index in [1.54, 1.807) is 7.05 Å². The summed E-state index contributed by atoms with van der Waals surface area (Å²) in [6, 6.07) is 7.03. The van der Waals surface area contributed by atoms with E-state index in [0.717, 1.165) is 4.47 Å². The van der Waals surface area contributed by atoms with Gasteiger partial charge in [0, 0.05) is 23.2 Å². The van der Waals surface area contributed by atoms with Crippen LogP contribution in [-0.4, -0.2) is 38.3 Å². The average Bonchev–Trinajstić information content (AvgIpc) is 3.15. The van der Waals surface area contributed by atoms with Gasteiger partial charge in [0.2, 0.25) is 11.8 Å². The first-order valence-electron chi connectivity index (χ1n) is 8.59. The summed E-state index contributed by atoms with van der Waals surface area (Å²) < 4.78 is 11.3. The first-order valence-corrected chi connectivity index (χ1v) is 9.38. The van der Waals surface area contributed by atoms with Crippen molar-refractivity contribution < 1.29 is 19.1 Å². The predicted molar refractivity (Wildman–Crippen MR) is 101 cm³/mol. The van der Waals surface area contributed by atoms with E-state index in [1.165, 1.54) is 12.0 Å². The van der Waals surface area contributed by atoms with E-state index < -0.39 is 29.6 Å². The maximum atomic E-state index is 13.7. The molecule has 0 radical (unpaired) electrons. The number of likely N-dealkylation sites (N-methyl/N-ethyl adjacent to an activating group) is 1. The molecule has 10 heteroatoms. The number of hydrogen-bond acceptors (Lipinski definition) is 8. The molecule has 3 aliphatic rings. The molecule has 0 aliphatic carbocycles. The number of ether oxygens (including phenoxy) is 2. The van der Waals surface area contributed by atoms with Crippen molar-refractivity contribution in [2.45, 2.75) is 24.1 Å². The second-order valence-electron chi connectivity index (χ2n) is 6.92. The Balaban J connectivity index is 1.99. The summed E-state index contributed by atoms with van der Waals surface area (Å²) in [5.41, 5.74) is 12.0. The third-order valence-corrected chi connectivity index (χ3v) is 6.17. The number of anilines is 1. The van der Waals surface area contributed by atoms with Crippen LogP contribution >= 0.6 is 15.9 Å². The van der Waals surface area contributed by atoms with Gasteiger partial charge >= 0.3 is 5.97 Å². The summed E-state index contributed by atoms with van der Waals surface area (Å²) >= 11 is 3.45. The number of carbonyl (C=O) groups is 2. The fourth-order valence-electron chi connectivity index (χ4n) is 4.52. The molecule has 1 spiro atoms. The number of carbonyl (C=O) groups excluding carboxylic acids is 2. The first kappa shape index (κ1) is 18.7. The number of hydrogen-bond donors (Lipinski definition) is 3. The molecule has 4 rings (SSSR count). The SMILES string of the molecule is COC(=O)CC1NNC2OC(N)=C(C#N)C3(C(=O)N(C)c4ccc(Br)cc43)C12. The molecule has 3 aliphatic heterocycles. The summed E-state index contributed by atoms with van der Waals surface area (Å²) in [6.45, 7) is 0. The number of nitrogens with one attached hydrogen (secondary N) is 2. The molecule has 1 aromatic carbocycles. The van der Waals surface area contributed by atoms with Crippen molar-refractivity contribution in [1.29, 1.82) is 5.26 Å². The Kier molecular flexibility index (Phi) is 4.33. The molecule has 3 heterocycles. The summed E-state index contributed by atoms with van der Waals surface area (Å²) in [4.78, 5) is 27.1. The van der Waals surface area contributed by atoms with Crippen LogP contribution < -0.4 is 21.5 Å². The zero-order valence-electron chi connectivity index (χ0n) is 15.2. The van der Waals surface area contributed by atoms with Crippen molar-refractivity contribution in [3.63, 3.8) is 0 Å². The van der Waals surface area contributed by atoms with Crippen molar-refractivity contribution in [2.24, 2.45) is 11.7 Å². The number of benzene rings is 1. The molecule has 146 valence electrons. The Hall–Kier alpha value is -2.61. The Labute approximate surface area is 169 Å². The average molecular weight is 448 g/mol. The molecule has 0 bridgehead atoms. The van der Waals surface area contributed by atoms with Gasteiger partial charge in [0.05, 0.1) is 19.4 Å². The molecule has 28 heavy (non-hydrogen) atoms. The van der Waals surface area contributed by atoms with E-state index in [2.05, 4.69) is 32.9 Å². The van der Waals surface area contributed by atoms with E-state index in [-0.39, 0.29) is 23.8 Å². The third kappa shape index (κ3) is 2.30. The zero-order valence-corrected chi connectivity index (χ0v) is 16.7. The highest BCUT2D eigenvalue weighted by Crippen LogP contribution is 2.56. The highest BCUT2D eigenvalue weighted by molar-refractivity contribution is 9.10. The zero-order chi connectivity index (χ0) is 20.2. The van der Waals surface area contributed by atoms with E-state index in [4.69, 9.17) is 15.2 Å². The molecule has 4 N–H and O–H groups in total. The molecule has 1 aromatic rings. The smallest absolute Gasteiger partial charge is 0.307 e. The summed E-state index contributed by atoms with van der Waals surface area (Å²) in [7, 11) is 2.96. The van der Waals surface area contributed by atoms with Crippen LogP contribution in [0.15, 0.2) is 34.1 Å². The molecule has 1 fully saturated rings. The molecule has 9 nitrogen and oxygen atoms in total. The van der Waals surface area contributed by atoms with Crippen LogP contribution in [0.1, 0.15) is 12.0 Å². The maximum Gasteiger partial charge on any atom is 0.307 e.